The van der Waals surface area contributed by atoms with Crippen LogP contribution in [-0.4, -0.2) is 25.5 Å². The van der Waals surface area contributed by atoms with Crippen molar-refractivity contribution in [3.05, 3.63) is 35.4 Å². The van der Waals surface area contributed by atoms with Gasteiger partial charge in [-0.05, 0) is 12.1 Å². The van der Waals surface area contributed by atoms with Gasteiger partial charge < -0.3 is 5.11 Å². The van der Waals surface area contributed by atoms with Crippen molar-refractivity contribution in [2.75, 3.05) is 12.0 Å². The number of sulfone groups is 1. The Balaban J connectivity index is 3.06. The Bertz CT molecular complexity index is 436. The van der Waals surface area contributed by atoms with E-state index in [0.717, 1.165) is 24.5 Å². The highest BCUT2D eigenvalue weighted by molar-refractivity contribution is 7.90. The molecule has 0 aromatic heterocycles. The molecular weight excluding hydrogens is 226 g/mol. The Morgan fingerprint density at radius 2 is 1.80 bits per heavy atom. The molecule has 0 radical (unpaired) electrons. The SMILES string of the molecule is CS(=O)(=O)CC(O)c1c(F)cccc1F. The van der Waals surface area contributed by atoms with Crippen LogP contribution in [0.5, 0.6) is 0 Å². The van der Waals surface area contributed by atoms with Gasteiger partial charge in [0.05, 0.1) is 17.4 Å². The predicted octanol–water partition coefficient (Wildman–Crippen LogP) is 1.04. The van der Waals surface area contributed by atoms with Crippen LogP contribution >= 0.6 is 0 Å². The number of rotatable bonds is 3. The van der Waals surface area contributed by atoms with E-state index in [1.807, 2.05) is 0 Å². The molecule has 0 saturated carbocycles. The summed E-state index contributed by atoms with van der Waals surface area (Å²) in [6.07, 6.45) is -0.796. The quantitative estimate of drug-likeness (QED) is 0.853. The molecule has 0 aliphatic heterocycles. The van der Waals surface area contributed by atoms with Crippen molar-refractivity contribution in [2.24, 2.45) is 0 Å². The smallest absolute Gasteiger partial charge is 0.150 e. The third-order valence-corrected chi connectivity index (χ3v) is 2.71. The maximum absolute atomic E-state index is 13.1. The minimum absolute atomic E-state index is 0.608. The third-order valence-electron chi connectivity index (χ3n) is 1.79. The first-order valence-electron chi connectivity index (χ1n) is 4.11. The summed E-state index contributed by atoms with van der Waals surface area (Å²) in [4.78, 5) is 0. The fraction of sp³-hybridized carbons (Fsp3) is 0.333. The summed E-state index contributed by atoms with van der Waals surface area (Å²) in [5.41, 5.74) is -0.608. The molecule has 0 saturated heterocycles. The molecule has 0 aliphatic carbocycles. The average Bonchev–Trinajstić information content (AvgIpc) is 1.99. The summed E-state index contributed by atoms with van der Waals surface area (Å²) >= 11 is 0. The first-order valence-corrected chi connectivity index (χ1v) is 6.17. The molecular formula is C9H10F2O3S. The van der Waals surface area contributed by atoms with E-state index < -0.39 is 38.9 Å². The fourth-order valence-electron chi connectivity index (χ4n) is 1.20. The minimum atomic E-state index is -3.49. The molecule has 1 N–H and O–H groups in total. The predicted molar refractivity (Wildman–Crippen MR) is 51.0 cm³/mol. The second-order valence-electron chi connectivity index (χ2n) is 3.24. The summed E-state index contributed by atoms with van der Waals surface area (Å²) in [6, 6.07) is 3.06. The maximum Gasteiger partial charge on any atom is 0.150 e. The zero-order valence-corrected chi connectivity index (χ0v) is 8.76. The van der Waals surface area contributed by atoms with Gasteiger partial charge in [-0.15, -0.1) is 0 Å². The normalized spacial score (nSPS) is 13.9. The van der Waals surface area contributed by atoms with Crippen LogP contribution in [0.3, 0.4) is 0 Å². The third kappa shape index (κ3) is 3.24. The molecule has 0 heterocycles. The van der Waals surface area contributed by atoms with Crippen molar-refractivity contribution in [3.63, 3.8) is 0 Å². The largest absolute Gasteiger partial charge is 0.387 e. The van der Waals surface area contributed by atoms with Crippen molar-refractivity contribution in [1.29, 1.82) is 0 Å². The van der Waals surface area contributed by atoms with Crippen LogP contribution in [0.1, 0.15) is 11.7 Å². The molecule has 1 aromatic rings. The van der Waals surface area contributed by atoms with Gasteiger partial charge in [0, 0.05) is 6.26 Å². The zero-order valence-electron chi connectivity index (χ0n) is 7.94. The molecule has 0 aliphatic rings. The van der Waals surface area contributed by atoms with E-state index in [1.54, 1.807) is 0 Å². The van der Waals surface area contributed by atoms with Gasteiger partial charge in [0.15, 0.2) is 0 Å². The van der Waals surface area contributed by atoms with Gasteiger partial charge >= 0.3 is 0 Å². The van der Waals surface area contributed by atoms with Crippen molar-refractivity contribution in [3.8, 4) is 0 Å². The van der Waals surface area contributed by atoms with Crippen LogP contribution in [0.15, 0.2) is 18.2 Å². The average molecular weight is 236 g/mol. The Labute approximate surface area is 86.3 Å². The van der Waals surface area contributed by atoms with Crippen molar-refractivity contribution < 1.29 is 22.3 Å². The van der Waals surface area contributed by atoms with E-state index in [9.17, 15) is 22.3 Å². The highest BCUT2D eigenvalue weighted by Crippen LogP contribution is 2.21. The number of halogens is 2. The summed E-state index contributed by atoms with van der Waals surface area (Å²) < 4.78 is 47.8. The highest BCUT2D eigenvalue weighted by Gasteiger charge is 2.21. The molecule has 1 aromatic carbocycles. The first kappa shape index (κ1) is 12.1. The Morgan fingerprint density at radius 1 is 1.33 bits per heavy atom. The lowest BCUT2D eigenvalue weighted by Crippen LogP contribution is -2.15. The second-order valence-corrected chi connectivity index (χ2v) is 5.43. The van der Waals surface area contributed by atoms with Crippen LogP contribution in [-0.2, 0) is 9.84 Å². The molecule has 15 heavy (non-hydrogen) atoms. The lowest BCUT2D eigenvalue weighted by atomic mass is 10.1. The molecule has 1 rings (SSSR count). The Morgan fingerprint density at radius 3 is 2.20 bits per heavy atom. The first-order chi connectivity index (χ1) is 6.81. The Hall–Kier alpha value is -1.01. The van der Waals surface area contributed by atoms with Crippen molar-refractivity contribution >= 4 is 9.84 Å². The monoisotopic (exact) mass is 236 g/mol. The van der Waals surface area contributed by atoms with Gasteiger partial charge in [-0.25, -0.2) is 17.2 Å². The lowest BCUT2D eigenvalue weighted by molar-refractivity contribution is 0.191. The number of aliphatic hydroxyl groups is 1. The second kappa shape index (κ2) is 4.24. The van der Waals surface area contributed by atoms with Gasteiger partial charge in [-0.1, -0.05) is 6.07 Å². The fourth-order valence-corrected chi connectivity index (χ4v) is 1.94. The molecule has 6 heteroatoms. The van der Waals surface area contributed by atoms with E-state index >= 15 is 0 Å². The summed E-state index contributed by atoms with van der Waals surface area (Å²) in [5, 5.41) is 9.36. The maximum atomic E-state index is 13.1. The summed E-state index contributed by atoms with van der Waals surface area (Å²) in [5.74, 6) is -2.61. The summed E-state index contributed by atoms with van der Waals surface area (Å²) in [6.45, 7) is 0. The van der Waals surface area contributed by atoms with Gasteiger partial charge in [0.25, 0.3) is 0 Å². The van der Waals surface area contributed by atoms with E-state index in [-0.39, 0.29) is 0 Å². The van der Waals surface area contributed by atoms with Crippen LogP contribution in [0, 0.1) is 11.6 Å². The lowest BCUT2D eigenvalue weighted by Gasteiger charge is -2.11. The highest BCUT2D eigenvalue weighted by atomic mass is 32.2. The van der Waals surface area contributed by atoms with Crippen molar-refractivity contribution in [1.82, 2.24) is 0 Å². The van der Waals surface area contributed by atoms with Crippen molar-refractivity contribution in [2.45, 2.75) is 6.10 Å². The number of hydrogen-bond donors (Lipinski definition) is 1. The number of hydrogen-bond acceptors (Lipinski definition) is 3. The molecule has 0 fully saturated rings. The molecule has 84 valence electrons. The number of aliphatic hydroxyl groups excluding tert-OH is 1. The Kier molecular flexibility index (Phi) is 3.41. The molecule has 0 spiro atoms. The van der Waals surface area contributed by atoms with Gasteiger partial charge in [-0.3, -0.25) is 0 Å². The van der Waals surface area contributed by atoms with Crippen LogP contribution < -0.4 is 0 Å². The topological polar surface area (TPSA) is 54.4 Å². The molecule has 0 bridgehead atoms. The molecule has 3 nitrogen and oxygen atoms in total. The van der Waals surface area contributed by atoms with Gasteiger partial charge in [0.1, 0.15) is 21.5 Å². The minimum Gasteiger partial charge on any atom is -0.387 e. The van der Waals surface area contributed by atoms with Crippen LogP contribution in [0.25, 0.3) is 0 Å². The molecule has 1 unspecified atom stereocenters. The molecule has 1 atom stereocenters. The number of benzene rings is 1. The summed E-state index contributed by atoms with van der Waals surface area (Å²) in [7, 11) is -3.49. The van der Waals surface area contributed by atoms with E-state index in [0.29, 0.717) is 0 Å². The van der Waals surface area contributed by atoms with Gasteiger partial charge in [0.2, 0.25) is 0 Å². The van der Waals surface area contributed by atoms with E-state index in [4.69, 9.17) is 0 Å². The zero-order chi connectivity index (χ0) is 11.6. The van der Waals surface area contributed by atoms with Gasteiger partial charge in [-0.2, -0.15) is 0 Å². The van der Waals surface area contributed by atoms with Crippen LogP contribution in [0.2, 0.25) is 0 Å². The van der Waals surface area contributed by atoms with E-state index in [2.05, 4.69) is 0 Å². The standard InChI is InChI=1S/C9H10F2O3S/c1-15(13,14)5-8(12)9-6(10)3-2-4-7(9)11/h2-4,8,12H,5H2,1H3. The molecule has 0 amide bonds. The van der Waals surface area contributed by atoms with Crippen LogP contribution in [0.4, 0.5) is 8.78 Å². The van der Waals surface area contributed by atoms with E-state index in [1.165, 1.54) is 0 Å².